The Morgan fingerprint density at radius 1 is 1.04 bits per heavy atom. The molecule has 0 fully saturated rings. The molecule has 5 nitrogen and oxygen atoms in total. The lowest BCUT2D eigenvalue weighted by Gasteiger charge is -2.19. The largest absolute Gasteiger partial charge is 0.480 e. The summed E-state index contributed by atoms with van der Waals surface area (Å²) in [4.78, 5) is 23.2. The monoisotopic (exact) mass is 375 g/mol. The van der Waals surface area contributed by atoms with Crippen molar-refractivity contribution in [3.8, 4) is 11.1 Å². The molecule has 0 aliphatic heterocycles. The average molecular weight is 376 g/mol. The first-order chi connectivity index (χ1) is 12.0. The highest BCUT2D eigenvalue weighted by Gasteiger charge is 2.30. The molecular formula is C20H22ClNO4. The molecule has 0 bridgehead atoms. The zero-order valence-corrected chi connectivity index (χ0v) is 15.5. The molecule has 0 saturated heterocycles. The third-order valence-electron chi connectivity index (χ3n) is 4.55. The minimum atomic E-state index is -1.07. The minimum absolute atomic E-state index is 0. The standard InChI is InChI=1S/C20H21NO4.ClH/c1-12(2)18(19(22)23)21-20(24)25-11-17-15-9-5-3-7-13(15)14-8-4-6-10-16(14)17;/h3-10,12,17-18H,11H2,1-2H3,(H,21,24)(H,22,23);1H/t18-;/m0./s1. The fourth-order valence-electron chi connectivity index (χ4n) is 3.28. The van der Waals surface area contributed by atoms with Crippen molar-refractivity contribution in [1.29, 1.82) is 0 Å². The van der Waals surface area contributed by atoms with E-state index in [-0.39, 0.29) is 30.8 Å². The molecular weight excluding hydrogens is 354 g/mol. The first kappa shape index (κ1) is 19.8. The molecule has 1 amide bonds. The van der Waals surface area contributed by atoms with Crippen LogP contribution in [0.3, 0.4) is 0 Å². The van der Waals surface area contributed by atoms with Crippen molar-refractivity contribution in [2.75, 3.05) is 6.61 Å². The van der Waals surface area contributed by atoms with E-state index in [9.17, 15) is 9.59 Å². The second kappa shape index (κ2) is 8.23. The third-order valence-corrected chi connectivity index (χ3v) is 4.55. The van der Waals surface area contributed by atoms with Gasteiger partial charge in [-0.05, 0) is 28.2 Å². The van der Waals surface area contributed by atoms with E-state index in [1.165, 1.54) is 0 Å². The van der Waals surface area contributed by atoms with Gasteiger partial charge in [0.05, 0.1) is 0 Å². The Hall–Kier alpha value is -2.53. The van der Waals surface area contributed by atoms with Gasteiger partial charge in [-0.3, -0.25) is 0 Å². The van der Waals surface area contributed by atoms with E-state index in [4.69, 9.17) is 9.84 Å². The van der Waals surface area contributed by atoms with Crippen LogP contribution in [0.2, 0.25) is 0 Å². The number of carbonyl (C=O) groups excluding carboxylic acids is 1. The van der Waals surface area contributed by atoms with Gasteiger partial charge in [-0.2, -0.15) is 0 Å². The molecule has 1 aliphatic rings. The molecule has 3 rings (SSSR count). The number of nitrogens with one attached hydrogen (secondary N) is 1. The van der Waals surface area contributed by atoms with E-state index < -0.39 is 18.1 Å². The Balaban J connectivity index is 0.00000243. The van der Waals surface area contributed by atoms with Gasteiger partial charge in [0.2, 0.25) is 0 Å². The van der Waals surface area contributed by atoms with Crippen molar-refractivity contribution < 1.29 is 19.4 Å². The van der Waals surface area contributed by atoms with Gasteiger partial charge < -0.3 is 15.2 Å². The van der Waals surface area contributed by atoms with Gasteiger partial charge in [0, 0.05) is 5.92 Å². The van der Waals surface area contributed by atoms with E-state index in [2.05, 4.69) is 17.4 Å². The number of carboxylic acid groups (broad SMARTS) is 1. The van der Waals surface area contributed by atoms with Crippen LogP contribution in [-0.4, -0.2) is 29.8 Å². The number of benzene rings is 2. The predicted octanol–water partition coefficient (Wildman–Crippen LogP) is 4.06. The number of alkyl carbamates (subject to hydrolysis) is 1. The average Bonchev–Trinajstić information content (AvgIpc) is 2.91. The summed E-state index contributed by atoms with van der Waals surface area (Å²) in [5, 5.41) is 11.6. The predicted molar refractivity (Wildman–Crippen MR) is 102 cm³/mol. The molecule has 2 N–H and O–H groups in total. The fourth-order valence-corrected chi connectivity index (χ4v) is 3.28. The maximum Gasteiger partial charge on any atom is 0.407 e. The highest BCUT2D eigenvalue weighted by molar-refractivity contribution is 5.85. The molecule has 26 heavy (non-hydrogen) atoms. The Morgan fingerprint density at radius 2 is 1.54 bits per heavy atom. The summed E-state index contributed by atoms with van der Waals surface area (Å²) in [7, 11) is 0. The van der Waals surface area contributed by atoms with Crippen molar-refractivity contribution >= 4 is 24.5 Å². The van der Waals surface area contributed by atoms with Crippen molar-refractivity contribution in [2.24, 2.45) is 5.92 Å². The fraction of sp³-hybridized carbons (Fsp3) is 0.300. The summed E-state index contributed by atoms with van der Waals surface area (Å²) in [6.07, 6.45) is -0.706. The van der Waals surface area contributed by atoms with E-state index in [0.29, 0.717) is 0 Å². The number of ether oxygens (including phenoxy) is 1. The normalized spacial score (nSPS) is 13.3. The van der Waals surface area contributed by atoms with Crippen LogP contribution in [0.4, 0.5) is 4.79 Å². The van der Waals surface area contributed by atoms with Crippen LogP contribution in [0.5, 0.6) is 0 Å². The summed E-state index contributed by atoms with van der Waals surface area (Å²) < 4.78 is 5.36. The number of hydrogen-bond acceptors (Lipinski definition) is 3. The quantitative estimate of drug-likeness (QED) is 0.826. The lowest BCUT2D eigenvalue weighted by atomic mass is 9.98. The lowest BCUT2D eigenvalue weighted by molar-refractivity contribution is -0.140. The number of carbonyl (C=O) groups is 2. The molecule has 0 unspecified atom stereocenters. The second-order valence-corrected chi connectivity index (χ2v) is 6.53. The number of rotatable bonds is 5. The van der Waals surface area contributed by atoms with Crippen LogP contribution < -0.4 is 5.32 Å². The molecule has 0 heterocycles. The molecule has 1 aliphatic carbocycles. The molecule has 138 valence electrons. The second-order valence-electron chi connectivity index (χ2n) is 6.53. The first-order valence-electron chi connectivity index (χ1n) is 8.33. The van der Waals surface area contributed by atoms with Gasteiger partial charge in [-0.15, -0.1) is 12.4 Å². The van der Waals surface area contributed by atoms with E-state index in [1.54, 1.807) is 13.8 Å². The maximum atomic E-state index is 12.0. The SMILES string of the molecule is CC(C)[C@H](NC(=O)OCC1c2ccccc2-c2ccccc21)C(=O)O.Cl. The van der Waals surface area contributed by atoms with Crippen LogP contribution in [0.25, 0.3) is 11.1 Å². The molecule has 1 atom stereocenters. The van der Waals surface area contributed by atoms with Crippen LogP contribution in [0, 0.1) is 5.92 Å². The van der Waals surface area contributed by atoms with Gasteiger partial charge >= 0.3 is 12.1 Å². The van der Waals surface area contributed by atoms with Crippen LogP contribution in [0.15, 0.2) is 48.5 Å². The summed E-state index contributed by atoms with van der Waals surface area (Å²) in [5.74, 6) is -1.33. The van der Waals surface area contributed by atoms with Crippen molar-refractivity contribution in [3.05, 3.63) is 59.7 Å². The topological polar surface area (TPSA) is 75.6 Å². The van der Waals surface area contributed by atoms with Crippen molar-refractivity contribution in [1.82, 2.24) is 5.32 Å². The zero-order chi connectivity index (χ0) is 18.0. The molecule has 6 heteroatoms. The van der Waals surface area contributed by atoms with Gasteiger partial charge in [-0.1, -0.05) is 62.4 Å². The van der Waals surface area contributed by atoms with E-state index in [0.717, 1.165) is 22.3 Å². The first-order valence-corrected chi connectivity index (χ1v) is 8.33. The van der Waals surface area contributed by atoms with E-state index >= 15 is 0 Å². The lowest BCUT2D eigenvalue weighted by Crippen LogP contribution is -2.44. The van der Waals surface area contributed by atoms with Crippen molar-refractivity contribution in [2.45, 2.75) is 25.8 Å². The molecule has 0 saturated carbocycles. The van der Waals surface area contributed by atoms with Gasteiger partial charge in [0.25, 0.3) is 0 Å². The van der Waals surface area contributed by atoms with Gasteiger partial charge in [0.15, 0.2) is 0 Å². The highest BCUT2D eigenvalue weighted by atomic mass is 35.5. The Bertz CT molecular complexity index is 760. The Labute approximate surface area is 158 Å². The minimum Gasteiger partial charge on any atom is -0.480 e. The summed E-state index contributed by atoms with van der Waals surface area (Å²) >= 11 is 0. The van der Waals surface area contributed by atoms with Crippen LogP contribution >= 0.6 is 12.4 Å². The molecule has 0 spiro atoms. The van der Waals surface area contributed by atoms with Crippen molar-refractivity contribution in [3.63, 3.8) is 0 Å². The molecule has 0 radical (unpaired) electrons. The third kappa shape index (κ3) is 3.83. The summed E-state index contributed by atoms with van der Waals surface area (Å²) in [6.45, 7) is 3.65. The zero-order valence-electron chi connectivity index (χ0n) is 14.6. The van der Waals surface area contributed by atoms with Crippen LogP contribution in [-0.2, 0) is 9.53 Å². The maximum absolute atomic E-state index is 12.0. The Kier molecular flexibility index (Phi) is 6.27. The number of aliphatic carboxylic acids is 1. The number of halogens is 1. The number of hydrogen-bond donors (Lipinski definition) is 2. The Morgan fingerprint density at radius 3 is 2.00 bits per heavy atom. The van der Waals surface area contributed by atoms with Gasteiger partial charge in [0.1, 0.15) is 12.6 Å². The summed E-state index contributed by atoms with van der Waals surface area (Å²) in [6, 6.07) is 15.2. The number of fused-ring (bicyclic) bond motifs is 3. The number of carboxylic acids is 1. The molecule has 0 aromatic heterocycles. The molecule has 2 aromatic carbocycles. The number of amides is 1. The molecule has 2 aromatic rings. The van der Waals surface area contributed by atoms with Crippen LogP contribution in [0.1, 0.15) is 30.9 Å². The van der Waals surface area contributed by atoms with Gasteiger partial charge in [-0.25, -0.2) is 9.59 Å². The summed E-state index contributed by atoms with van der Waals surface area (Å²) in [5.41, 5.74) is 4.54. The van der Waals surface area contributed by atoms with E-state index in [1.807, 2.05) is 36.4 Å². The smallest absolute Gasteiger partial charge is 0.407 e. The highest BCUT2D eigenvalue weighted by Crippen LogP contribution is 2.44.